The molecule has 0 fully saturated rings. The summed E-state index contributed by atoms with van der Waals surface area (Å²) in [5.74, 6) is -0.851. The van der Waals surface area contributed by atoms with E-state index in [1.165, 1.54) is 0 Å². The van der Waals surface area contributed by atoms with E-state index in [1.807, 2.05) is 0 Å². The predicted octanol–water partition coefficient (Wildman–Crippen LogP) is 1.91. The monoisotopic (exact) mass is 228 g/mol. The van der Waals surface area contributed by atoms with Gasteiger partial charge in [-0.15, -0.1) is 23.7 Å². The number of rotatable bonds is 2. The second kappa shape index (κ2) is 4.48. The fourth-order valence-electron chi connectivity index (χ4n) is 0.768. The number of aryl methyl sites for hydroxylation is 1. The zero-order valence-corrected chi connectivity index (χ0v) is 8.22. The van der Waals surface area contributed by atoms with Crippen molar-refractivity contribution in [2.24, 2.45) is 5.73 Å². The van der Waals surface area contributed by atoms with Crippen LogP contribution in [0.25, 0.3) is 0 Å². The van der Waals surface area contributed by atoms with Gasteiger partial charge in [-0.2, -0.15) is 0 Å². The molecule has 74 valence electrons. The zero-order chi connectivity index (χ0) is 9.30. The number of halogens is 3. The van der Waals surface area contributed by atoms with E-state index in [0.717, 1.165) is 11.3 Å². The quantitative estimate of drug-likeness (QED) is 0.841. The number of carbonyl (C=O) groups is 1. The molecule has 3 nitrogen and oxygen atoms in total. The molecule has 0 aliphatic carbocycles. The number of primary amides is 1. The van der Waals surface area contributed by atoms with Gasteiger partial charge in [0.25, 0.3) is 12.3 Å². The van der Waals surface area contributed by atoms with E-state index >= 15 is 0 Å². The van der Waals surface area contributed by atoms with Crippen LogP contribution in [0.4, 0.5) is 8.78 Å². The molecule has 1 aromatic heterocycles. The van der Waals surface area contributed by atoms with E-state index in [0.29, 0.717) is 5.01 Å². The van der Waals surface area contributed by atoms with Gasteiger partial charge in [0.1, 0.15) is 10.6 Å². The minimum absolute atomic E-state index is 0. The van der Waals surface area contributed by atoms with Crippen LogP contribution in [0, 0.1) is 6.92 Å². The molecule has 1 amide bonds. The number of carbonyl (C=O) groups excluding carboxylic acids is 1. The molecule has 2 N–H and O–H groups in total. The third kappa shape index (κ3) is 2.60. The van der Waals surface area contributed by atoms with Crippen LogP contribution < -0.4 is 5.73 Å². The minimum atomic E-state index is -2.74. The molecule has 0 unspecified atom stereocenters. The summed E-state index contributed by atoms with van der Waals surface area (Å²) in [4.78, 5) is 13.9. The molecule has 0 saturated heterocycles. The lowest BCUT2D eigenvalue weighted by molar-refractivity contribution is 0.0989. The number of alkyl halides is 2. The van der Waals surface area contributed by atoms with Crippen LogP contribution in [-0.2, 0) is 0 Å². The number of nitrogens with two attached hydrogens (primary N) is 1. The van der Waals surface area contributed by atoms with Crippen molar-refractivity contribution in [3.05, 3.63) is 15.6 Å². The Morgan fingerprint density at radius 3 is 2.46 bits per heavy atom. The van der Waals surface area contributed by atoms with Crippen LogP contribution in [0.3, 0.4) is 0 Å². The maximum Gasteiger partial charge on any atom is 0.282 e. The summed E-state index contributed by atoms with van der Waals surface area (Å²) in [6.07, 6.45) is -2.74. The van der Waals surface area contributed by atoms with E-state index < -0.39 is 18.0 Å². The Labute approximate surface area is 83.4 Å². The van der Waals surface area contributed by atoms with Crippen molar-refractivity contribution in [1.82, 2.24) is 4.98 Å². The number of thiazole rings is 1. The third-order valence-electron chi connectivity index (χ3n) is 1.19. The molecule has 0 aliphatic heterocycles. The van der Waals surface area contributed by atoms with Crippen molar-refractivity contribution in [2.75, 3.05) is 0 Å². The molecule has 0 atom stereocenters. The van der Waals surface area contributed by atoms with E-state index in [-0.39, 0.29) is 17.3 Å². The Morgan fingerprint density at radius 2 is 2.15 bits per heavy atom. The SMILES string of the molecule is Cc1nc(C(F)F)c(C(N)=O)s1.Cl. The molecule has 0 aromatic carbocycles. The van der Waals surface area contributed by atoms with Gasteiger partial charge in [-0.05, 0) is 6.92 Å². The highest BCUT2D eigenvalue weighted by atomic mass is 35.5. The first-order valence-corrected chi connectivity index (χ1v) is 3.89. The van der Waals surface area contributed by atoms with Crippen LogP contribution in [0.2, 0.25) is 0 Å². The lowest BCUT2D eigenvalue weighted by Crippen LogP contribution is -2.11. The zero-order valence-electron chi connectivity index (χ0n) is 6.58. The van der Waals surface area contributed by atoms with Crippen molar-refractivity contribution in [2.45, 2.75) is 13.3 Å². The highest BCUT2D eigenvalue weighted by Gasteiger charge is 2.21. The standard InChI is InChI=1S/C6H6F2N2OS.ClH/c1-2-10-3(5(7)8)4(12-2)6(9)11;/h5H,1H3,(H2,9,11);1H. The van der Waals surface area contributed by atoms with Crippen molar-refractivity contribution in [3.8, 4) is 0 Å². The van der Waals surface area contributed by atoms with Crippen LogP contribution >= 0.6 is 23.7 Å². The summed E-state index contributed by atoms with van der Waals surface area (Å²) < 4.78 is 24.3. The van der Waals surface area contributed by atoms with Gasteiger partial charge in [0.05, 0.1) is 5.01 Å². The molecule has 0 radical (unpaired) electrons. The van der Waals surface area contributed by atoms with Gasteiger partial charge in [0, 0.05) is 0 Å². The fourth-order valence-corrected chi connectivity index (χ4v) is 1.55. The van der Waals surface area contributed by atoms with Gasteiger partial charge in [-0.25, -0.2) is 13.8 Å². The first kappa shape index (κ1) is 12.2. The summed E-state index contributed by atoms with van der Waals surface area (Å²) in [5.41, 5.74) is 4.35. The van der Waals surface area contributed by atoms with Gasteiger partial charge >= 0.3 is 0 Å². The van der Waals surface area contributed by atoms with Gasteiger partial charge in [0.15, 0.2) is 0 Å². The number of nitrogens with zero attached hydrogens (tertiary/aromatic N) is 1. The molecule has 0 bridgehead atoms. The summed E-state index contributed by atoms with van der Waals surface area (Å²) in [5, 5.41) is 0.416. The van der Waals surface area contributed by atoms with E-state index in [2.05, 4.69) is 4.98 Å². The molecular weight excluding hydrogens is 222 g/mol. The largest absolute Gasteiger partial charge is 0.365 e. The van der Waals surface area contributed by atoms with E-state index in [9.17, 15) is 13.6 Å². The first-order valence-electron chi connectivity index (χ1n) is 3.07. The topological polar surface area (TPSA) is 56.0 Å². The lowest BCUT2D eigenvalue weighted by Gasteiger charge is -1.94. The second-order valence-corrected chi connectivity index (χ2v) is 3.32. The van der Waals surface area contributed by atoms with Crippen molar-refractivity contribution < 1.29 is 13.6 Å². The normalized spacial score (nSPS) is 9.85. The van der Waals surface area contributed by atoms with Gasteiger partial charge in [-0.1, -0.05) is 0 Å². The van der Waals surface area contributed by atoms with Gasteiger partial charge in [-0.3, -0.25) is 4.79 Å². The number of hydrogen-bond acceptors (Lipinski definition) is 3. The van der Waals surface area contributed by atoms with Crippen molar-refractivity contribution in [3.63, 3.8) is 0 Å². The first-order chi connectivity index (χ1) is 5.52. The predicted molar refractivity (Wildman–Crippen MR) is 47.6 cm³/mol. The number of hydrogen-bond donors (Lipinski definition) is 1. The van der Waals surface area contributed by atoms with Crippen LogP contribution in [0.15, 0.2) is 0 Å². The fraction of sp³-hybridized carbons (Fsp3) is 0.333. The molecular formula is C6H7ClF2N2OS. The Kier molecular flexibility index (Phi) is 4.22. The van der Waals surface area contributed by atoms with Crippen LogP contribution in [0.1, 0.15) is 26.8 Å². The average molecular weight is 229 g/mol. The maximum absolute atomic E-state index is 12.1. The average Bonchev–Trinajstić information content (AvgIpc) is 2.31. The molecule has 1 heterocycles. The lowest BCUT2D eigenvalue weighted by atomic mass is 10.3. The smallest absolute Gasteiger partial charge is 0.282 e. The summed E-state index contributed by atoms with van der Waals surface area (Å²) >= 11 is 0.885. The highest BCUT2D eigenvalue weighted by Crippen LogP contribution is 2.26. The summed E-state index contributed by atoms with van der Waals surface area (Å²) in [6, 6.07) is 0. The second-order valence-electron chi connectivity index (χ2n) is 2.11. The Balaban J connectivity index is 0.00000144. The van der Waals surface area contributed by atoms with Crippen LogP contribution in [-0.4, -0.2) is 10.9 Å². The maximum atomic E-state index is 12.1. The van der Waals surface area contributed by atoms with E-state index in [1.54, 1.807) is 6.92 Å². The van der Waals surface area contributed by atoms with E-state index in [4.69, 9.17) is 5.73 Å². The molecule has 1 rings (SSSR count). The Hall–Kier alpha value is -0.750. The van der Waals surface area contributed by atoms with Gasteiger partial charge < -0.3 is 5.73 Å². The summed E-state index contributed by atoms with van der Waals surface area (Å²) in [6.45, 7) is 1.54. The molecule has 7 heteroatoms. The molecule has 1 aromatic rings. The van der Waals surface area contributed by atoms with Crippen molar-refractivity contribution >= 4 is 29.7 Å². The Morgan fingerprint density at radius 1 is 1.62 bits per heavy atom. The Bertz CT molecular complexity index is 316. The minimum Gasteiger partial charge on any atom is -0.365 e. The molecule has 0 saturated carbocycles. The molecule has 0 spiro atoms. The molecule has 13 heavy (non-hydrogen) atoms. The van der Waals surface area contributed by atoms with Gasteiger partial charge in [0.2, 0.25) is 0 Å². The number of amides is 1. The number of aromatic nitrogens is 1. The van der Waals surface area contributed by atoms with Crippen LogP contribution in [0.5, 0.6) is 0 Å². The third-order valence-corrected chi connectivity index (χ3v) is 2.19. The molecule has 0 aliphatic rings. The van der Waals surface area contributed by atoms with Crippen molar-refractivity contribution in [1.29, 1.82) is 0 Å². The summed E-state index contributed by atoms with van der Waals surface area (Å²) in [7, 11) is 0. The highest BCUT2D eigenvalue weighted by molar-refractivity contribution is 7.13.